The number of hydrogen-bond acceptors (Lipinski definition) is 3. The third kappa shape index (κ3) is 3.93. The first-order valence-electron chi connectivity index (χ1n) is 5.51. The van der Waals surface area contributed by atoms with E-state index in [9.17, 15) is 9.18 Å². The molecule has 1 aromatic carbocycles. The molecule has 0 amide bonds. The van der Waals surface area contributed by atoms with Gasteiger partial charge in [-0.1, -0.05) is 6.07 Å². The van der Waals surface area contributed by atoms with E-state index in [-0.39, 0.29) is 0 Å². The second-order valence-corrected chi connectivity index (χ2v) is 4.75. The molecule has 1 heterocycles. The van der Waals surface area contributed by atoms with Gasteiger partial charge in [0.25, 0.3) is 0 Å². The molecule has 2 aromatic rings. The molecule has 5 heteroatoms. The third-order valence-corrected chi connectivity index (χ3v) is 3.18. The second kappa shape index (κ2) is 6.15. The van der Waals surface area contributed by atoms with Crippen LogP contribution in [0, 0.1) is 5.82 Å². The number of carboxylic acid groups (broad SMARTS) is 1. The van der Waals surface area contributed by atoms with Gasteiger partial charge in [0, 0.05) is 16.5 Å². The van der Waals surface area contributed by atoms with E-state index in [0.29, 0.717) is 17.9 Å². The maximum atomic E-state index is 13.2. The number of aliphatic carboxylic acids is 1. The van der Waals surface area contributed by atoms with Crippen molar-refractivity contribution in [3.8, 4) is 5.75 Å². The fourth-order valence-electron chi connectivity index (χ4n) is 1.49. The maximum Gasteiger partial charge on any atom is 0.328 e. The van der Waals surface area contributed by atoms with E-state index in [2.05, 4.69) is 0 Å². The van der Waals surface area contributed by atoms with E-state index < -0.39 is 11.8 Å². The van der Waals surface area contributed by atoms with E-state index in [0.717, 1.165) is 11.0 Å². The Morgan fingerprint density at radius 3 is 2.95 bits per heavy atom. The lowest BCUT2D eigenvalue weighted by Crippen LogP contribution is -1.96. The molecule has 2 rings (SSSR count). The average Bonchev–Trinajstić information content (AvgIpc) is 2.88. The predicted octanol–water partition coefficient (Wildman–Crippen LogP) is 3.56. The van der Waals surface area contributed by atoms with E-state index in [4.69, 9.17) is 9.84 Å². The van der Waals surface area contributed by atoms with E-state index in [1.165, 1.54) is 24.3 Å². The van der Waals surface area contributed by atoms with Crippen molar-refractivity contribution in [3.05, 3.63) is 58.0 Å². The largest absolute Gasteiger partial charge is 0.487 e. The zero-order chi connectivity index (χ0) is 13.7. The number of carbonyl (C=O) groups is 1. The highest BCUT2D eigenvalue weighted by atomic mass is 32.1. The lowest BCUT2D eigenvalue weighted by molar-refractivity contribution is -0.131. The Morgan fingerprint density at radius 2 is 2.26 bits per heavy atom. The number of benzene rings is 1. The number of thiophene rings is 1. The number of carboxylic acids is 1. The normalized spacial score (nSPS) is 10.8. The molecule has 0 atom stereocenters. The van der Waals surface area contributed by atoms with Gasteiger partial charge in [0.15, 0.2) is 0 Å². The van der Waals surface area contributed by atoms with Gasteiger partial charge in [-0.3, -0.25) is 0 Å². The van der Waals surface area contributed by atoms with Gasteiger partial charge in [-0.15, -0.1) is 11.3 Å². The van der Waals surface area contributed by atoms with Crippen molar-refractivity contribution in [2.45, 2.75) is 6.61 Å². The number of ether oxygens (including phenoxy) is 1. The molecule has 0 saturated heterocycles. The monoisotopic (exact) mass is 278 g/mol. The Morgan fingerprint density at radius 1 is 1.42 bits per heavy atom. The van der Waals surface area contributed by atoms with Crippen LogP contribution < -0.4 is 4.74 Å². The van der Waals surface area contributed by atoms with Gasteiger partial charge in [-0.2, -0.15) is 0 Å². The Balaban J connectivity index is 2.16. The standard InChI is InChI=1S/C14H11FO3S/c15-11-4-5-13(10(8-11)3-6-14(16)17)18-9-12-2-1-7-19-12/h1-8H,9H2,(H,16,17)/b6-3+. The summed E-state index contributed by atoms with van der Waals surface area (Å²) >= 11 is 1.56. The number of rotatable bonds is 5. The molecule has 0 unspecified atom stereocenters. The maximum absolute atomic E-state index is 13.2. The highest BCUT2D eigenvalue weighted by molar-refractivity contribution is 7.09. The Kier molecular flexibility index (Phi) is 4.30. The number of hydrogen-bond donors (Lipinski definition) is 1. The second-order valence-electron chi connectivity index (χ2n) is 3.72. The zero-order valence-electron chi connectivity index (χ0n) is 9.88. The summed E-state index contributed by atoms with van der Waals surface area (Å²) in [5, 5.41) is 10.5. The minimum Gasteiger partial charge on any atom is -0.487 e. The molecule has 0 saturated carbocycles. The van der Waals surface area contributed by atoms with Crippen molar-refractivity contribution in [1.82, 2.24) is 0 Å². The highest BCUT2D eigenvalue weighted by Crippen LogP contribution is 2.23. The lowest BCUT2D eigenvalue weighted by Gasteiger charge is -2.08. The van der Waals surface area contributed by atoms with Crippen molar-refractivity contribution in [2.24, 2.45) is 0 Å². The summed E-state index contributed by atoms with van der Waals surface area (Å²) in [4.78, 5) is 11.5. The Bertz CT molecular complexity index is 591. The fourth-order valence-corrected chi connectivity index (χ4v) is 2.10. The molecule has 3 nitrogen and oxygen atoms in total. The van der Waals surface area contributed by atoms with Gasteiger partial charge in [0.1, 0.15) is 18.2 Å². The molecule has 1 aromatic heterocycles. The van der Waals surface area contributed by atoms with Gasteiger partial charge >= 0.3 is 5.97 Å². The van der Waals surface area contributed by atoms with Crippen LogP contribution in [0.1, 0.15) is 10.4 Å². The van der Waals surface area contributed by atoms with Crippen LogP contribution in [0.4, 0.5) is 4.39 Å². The van der Waals surface area contributed by atoms with Gasteiger partial charge in [-0.05, 0) is 35.7 Å². The molecular formula is C14H11FO3S. The first kappa shape index (κ1) is 13.3. The van der Waals surface area contributed by atoms with Crippen molar-refractivity contribution >= 4 is 23.4 Å². The highest BCUT2D eigenvalue weighted by Gasteiger charge is 2.04. The molecule has 0 aliphatic rings. The van der Waals surface area contributed by atoms with Gasteiger partial charge < -0.3 is 9.84 Å². The molecule has 0 spiro atoms. The van der Waals surface area contributed by atoms with Gasteiger partial charge in [0.05, 0.1) is 0 Å². The molecular weight excluding hydrogens is 267 g/mol. The van der Waals surface area contributed by atoms with Crippen LogP contribution in [0.25, 0.3) is 6.08 Å². The zero-order valence-corrected chi connectivity index (χ0v) is 10.7. The minimum absolute atomic E-state index is 0.372. The van der Waals surface area contributed by atoms with Crippen LogP contribution in [0.3, 0.4) is 0 Å². The SMILES string of the molecule is O=C(O)/C=C/c1cc(F)ccc1OCc1cccs1. The van der Waals surface area contributed by atoms with Crippen molar-refractivity contribution < 1.29 is 19.0 Å². The molecule has 0 bridgehead atoms. The summed E-state index contributed by atoms with van der Waals surface area (Å²) in [6.07, 6.45) is 2.27. The van der Waals surface area contributed by atoms with Crippen LogP contribution in [0.15, 0.2) is 41.8 Å². The summed E-state index contributed by atoms with van der Waals surface area (Å²) in [5.41, 5.74) is 0.402. The predicted molar refractivity (Wildman–Crippen MR) is 71.7 cm³/mol. The summed E-state index contributed by atoms with van der Waals surface area (Å²) in [5.74, 6) is -1.07. The van der Waals surface area contributed by atoms with Crippen LogP contribution in [-0.4, -0.2) is 11.1 Å². The van der Waals surface area contributed by atoms with E-state index in [1.807, 2.05) is 17.5 Å². The molecule has 1 N–H and O–H groups in total. The van der Waals surface area contributed by atoms with Crippen molar-refractivity contribution in [1.29, 1.82) is 0 Å². The van der Waals surface area contributed by atoms with Crippen LogP contribution in [0.2, 0.25) is 0 Å². The number of halogens is 1. The molecule has 0 radical (unpaired) electrons. The topological polar surface area (TPSA) is 46.5 Å². The molecule has 19 heavy (non-hydrogen) atoms. The Labute approximate surface area is 113 Å². The van der Waals surface area contributed by atoms with Gasteiger partial charge in [0.2, 0.25) is 0 Å². The van der Waals surface area contributed by atoms with Gasteiger partial charge in [-0.25, -0.2) is 9.18 Å². The smallest absolute Gasteiger partial charge is 0.328 e. The third-order valence-electron chi connectivity index (χ3n) is 2.33. The summed E-state index contributed by atoms with van der Waals surface area (Å²) < 4.78 is 18.7. The fraction of sp³-hybridized carbons (Fsp3) is 0.0714. The molecule has 0 fully saturated rings. The van der Waals surface area contributed by atoms with E-state index >= 15 is 0 Å². The molecule has 0 aliphatic carbocycles. The lowest BCUT2D eigenvalue weighted by atomic mass is 10.2. The molecule has 98 valence electrons. The summed E-state index contributed by atoms with van der Waals surface area (Å²) in [6.45, 7) is 0.372. The Hall–Kier alpha value is -2.14. The summed E-state index contributed by atoms with van der Waals surface area (Å²) in [6, 6.07) is 7.86. The van der Waals surface area contributed by atoms with Crippen molar-refractivity contribution in [3.63, 3.8) is 0 Å². The minimum atomic E-state index is -1.09. The quantitative estimate of drug-likeness (QED) is 0.850. The first-order chi connectivity index (χ1) is 9.15. The van der Waals surface area contributed by atoms with Crippen LogP contribution in [0.5, 0.6) is 5.75 Å². The van der Waals surface area contributed by atoms with Crippen LogP contribution in [-0.2, 0) is 11.4 Å². The first-order valence-corrected chi connectivity index (χ1v) is 6.39. The van der Waals surface area contributed by atoms with Crippen molar-refractivity contribution in [2.75, 3.05) is 0 Å². The van der Waals surface area contributed by atoms with Crippen LogP contribution >= 0.6 is 11.3 Å². The summed E-state index contributed by atoms with van der Waals surface area (Å²) in [7, 11) is 0. The molecule has 0 aliphatic heterocycles. The van der Waals surface area contributed by atoms with E-state index in [1.54, 1.807) is 11.3 Å². The average molecular weight is 278 g/mol.